The third-order valence-electron chi connectivity index (χ3n) is 5.80. The van der Waals surface area contributed by atoms with E-state index in [1.165, 1.54) is 6.33 Å². The van der Waals surface area contributed by atoms with Crippen LogP contribution >= 0.6 is 0 Å². The molecule has 31 heavy (non-hydrogen) atoms. The summed E-state index contributed by atoms with van der Waals surface area (Å²) < 4.78 is 11.9. The van der Waals surface area contributed by atoms with Gasteiger partial charge in [0.1, 0.15) is 17.6 Å². The Balaban J connectivity index is 1.50. The van der Waals surface area contributed by atoms with Gasteiger partial charge in [-0.3, -0.25) is 19.0 Å². The molecule has 0 fully saturated rings. The summed E-state index contributed by atoms with van der Waals surface area (Å²) >= 11 is 0. The molecular weight excluding hydrogens is 396 g/mol. The molecule has 0 bridgehead atoms. The Kier molecular flexibility index (Phi) is 5.19. The van der Waals surface area contributed by atoms with Gasteiger partial charge in [-0.05, 0) is 68.1 Å². The van der Waals surface area contributed by atoms with Gasteiger partial charge in [-0.1, -0.05) is 12.1 Å². The number of rotatable bonds is 5. The molecule has 0 radical (unpaired) electrons. The fourth-order valence-electron chi connectivity index (χ4n) is 3.64. The minimum atomic E-state index is -0.703. The van der Waals surface area contributed by atoms with Gasteiger partial charge >= 0.3 is 5.97 Å². The van der Waals surface area contributed by atoms with Crippen LogP contribution in [0.5, 0.6) is 0 Å². The van der Waals surface area contributed by atoms with Gasteiger partial charge in [0.2, 0.25) is 11.4 Å². The number of carbonyl (C=O) groups excluding carboxylic acids is 2. The molecule has 0 aliphatic carbocycles. The van der Waals surface area contributed by atoms with Gasteiger partial charge in [-0.15, -0.1) is 0 Å². The monoisotopic (exact) mass is 418 g/mol. The van der Waals surface area contributed by atoms with Gasteiger partial charge in [0.25, 0.3) is 5.56 Å². The van der Waals surface area contributed by atoms with Crippen LogP contribution in [0.2, 0.25) is 0 Å². The maximum absolute atomic E-state index is 12.7. The van der Waals surface area contributed by atoms with Gasteiger partial charge in [-0.25, -0.2) is 4.98 Å². The Bertz CT molecular complexity index is 1410. The second kappa shape index (κ2) is 7.83. The van der Waals surface area contributed by atoms with Crippen LogP contribution < -0.4 is 5.56 Å². The average Bonchev–Trinajstić information content (AvgIpc) is 3.14. The first kappa shape index (κ1) is 20.5. The molecule has 0 N–H and O–H groups in total. The highest BCUT2D eigenvalue weighted by molar-refractivity contribution is 6.02. The number of nitrogens with zero attached hydrogens (tertiary/aromatic N) is 2. The number of Topliss-reactive ketones (excluding diaryl/α,β-unsaturated/α-hetero) is 1. The van der Waals surface area contributed by atoms with E-state index in [-0.39, 0.29) is 17.9 Å². The van der Waals surface area contributed by atoms with Crippen molar-refractivity contribution >= 4 is 33.8 Å². The quantitative estimate of drug-likeness (QED) is 0.362. The molecule has 158 valence electrons. The standard InChI is InChI=1S/C24H22N2O5/c1-13-9-18(16(4)15(3)14(13)2)19(27)11-30-21(28)10-26-12-25-22-17-7-5-6-8-20(17)31-23(22)24(26)29/h5-9,12H,10-11H2,1-4H3. The number of benzene rings is 2. The maximum Gasteiger partial charge on any atom is 0.326 e. The van der Waals surface area contributed by atoms with Crippen molar-refractivity contribution < 1.29 is 18.7 Å². The van der Waals surface area contributed by atoms with Crippen molar-refractivity contribution in [3.8, 4) is 0 Å². The molecule has 0 aliphatic rings. The van der Waals surface area contributed by atoms with E-state index in [0.717, 1.165) is 32.2 Å². The number of carbonyl (C=O) groups is 2. The van der Waals surface area contributed by atoms with E-state index in [2.05, 4.69) is 4.98 Å². The van der Waals surface area contributed by atoms with E-state index in [4.69, 9.17) is 9.15 Å². The number of furan rings is 1. The van der Waals surface area contributed by atoms with E-state index in [0.29, 0.717) is 16.7 Å². The van der Waals surface area contributed by atoms with E-state index < -0.39 is 18.1 Å². The topological polar surface area (TPSA) is 91.4 Å². The summed E-state index contributed by atoms with van der Waals surface area (Å²) in [6.45, 7) is 7.04. The fourth-order valence-corrected chi connectivity index (χ4v) is 3.64. The maximum atomic E-state index is 12.7. The predicted molar refractivity (Wildman–Crippen MR) is 116 cm³/mol. The highest BCUT2D eigenvalue weighted by Gasteiger charge is 2.18. The average molecular weight is 418 g/mol. The first-order chi connectivity index (χ1) is 14.8. The Morgan fingerprint density at radius 1 is 1.06 bits per heavy atom. The van der Waals surface area contributed by atoms with E-state index in [1.807, 2.05) is 45.9 Å². The summed E-state index contributed by atoms with van der Waals surface area (Å²) in [5, 5.41) is 0.731. The number of hydrogen-bond donors (Lipinski definition) is 0. The smallest absolute Gasteiger partial charge is 0.326 e. The molecule has 0 saturated heterocycles. The summed E-state index contributed by atoms with van der Waals surface area (Å²) in [7, 11) is 0. The van der Waals surface area contributed by atoms with Crippen molar-refractivity contribution in [2.45, 2.75) is 34.2 Å². The molecule has 0 spiro atoms. The lowest BCUT2D eigenvalue weighted by atomic mass is 9.93. The molecular formula is C24H22N2O5. The van der Waals surface area contributed by atoms with Gasteiger partial charge in [0, 0.05) is 10.9 Å². The van der Waals surface area contributed by atoms with Crippen LogP contribution in [0.25, 0.3) is 22.1 Å². The van der Waals surface area contributed by atoms with Gasteiger partial charge in [0.15, 0.2) is 6.61 Å². The van der Waals surface area contributed by atoms with Crippen molar-refractivity contribution in [3.05, 3.63) is 74.8 Å². The van der Waals surface area contributed by atoms with Crippen molar-refractivity contribution in [1.82, 2.24) is 9.55 Å². The zero-order chi connectivity index (χ0) is 22.3. The molecule has 4 rings (SSSR count). The van der Waals surface area contributed by atoms with Crippen molar-refractivity contribution in [2.75, 3.05) is 6.61 Å². The van der Waals surface area contributed by atoms with Crippen LogP contribution in [-0.4, -0.2) is 27.9 Å². The minimum Gasteiger partial charge on any atom is -0.456 e. The van der Waals surface area contributed by atoms with Crippen LogP contribution in [-0.2, 0) is 16.1 Å². The molecule has 0 saturated carbocycles. The molecule has 0 atom stereocenters. The number of ether oxygens (including phenoxy) is 1. The zero-order valence-electron chi connectivity index (χ0n) is 17.8. The number of ketones is 1. The largest absolute Gasteiger partial charge is 0.456 e. The number of aryl methyl sites for hydroxylation is 1. The summed E-state index contributed by atoms with van der Waals surface area (Å²) in [5.41, 5.74) is 5.20. The SMILES string of the molecule is Cc1cc(C(=O)COC(=O)Cn2cnc3c(oc4ccccc43)c2=O)c(C)c(C)c1C. The van der Waals surface area contributed by atoms with Crippen LogP contribution in [0.1, 0.15) is 32.6 Å². The lowest BCUT2D eigenvalue weighted by Gasteiger charge is -2.13. The van der Waals surface area contributed by atoms with Crippen molar-refractivity contribution in [1.29, 1.82) is 0 Å². The van der Waals surface area contributed by atoms with E-state index >= 15 is 0 Å². The van der Waals surface area contributed by atoms with Crippen LogP contribution in [0.15, 0.2) is 45.9 Å². The lowest BCUT2D eigenvalue weighted by molar-refractivity contribution is -0.143. The second-order valence-electron chi connectivity index (χ2n) is 7.65. The molecule has 2 aromatic carbocycles. The van der Waals surface area contributed by atoms with Crippen molar-refractivity contribution in [3.63, 3.8) is 0 Å². The number of hydrogen-bond acceptors (Lipinski definition) is 6. The molecule has 2 heterocycles. The molecule has 7 nitrogen and oxygen atoms in total. The lowest BCUT2D eigenvalue weighted by Crippen LogP contribution is -2.26. The zero-order valence-corrected chi connectivity index (χ0v) is 17.8. The minimum absolute atomic E-state index is 0.0776. The van der Waals surface area contributed by atoms with Crippen LogP contribution in [0, 0.1) is 27.7 Å². The summed E-state index contributed by atoms with van der Waals surface area (Å²) in [6, 6.07) is 9.01. The normalized spacial score (nSPS) is 11.2. The first-order valence-corrected chi connectivity index (χ1v) is 9.91. The van der Waals surface area contributed by atoms with Gasteiger partial charge in [-0.2, -0.15) is 0 Å². The van der Waals surface area contributed by atoms with E-state index in [1.54, 1.807) is 12.1 Å². The molecule has 0 amide bonds. The highest BCUT2D eigenvalue weighted by Crippen LogP contribution is 2.24. The number of para-hydroxylation sites is 1. The molecule has 4 aromatic rings. The fraction of sp³-hybridized carbons (Fsp3) is 0.250. The van der Waals surface area contributed by atoms with Crippen LogP contribution in [0.3, 0.4) is 0 Å². The number of esters is 1. The predicted octanol–water partition coefficient (Wildman–Crippen LogP) is 3.80. The third kappa shape index (κ3) is 3.63. The second-order valence-corrected chi connectivity index (χ2v) is 7.65. The third-order valence-corrected chi connectivity index (χ3v) is 5.80. The number of fused-ring (bicyclic) bond motifs is 3. The molecule has 0 unspecified atom stereocenters. The van der Waals surface area contributed by atoms with Gasteiger partial charge in [0.05, 0.1) is 6.33 Å². The van der Waals surface area contributed by atoms with Gasteiger partial charge < -0.3 is 9.15 Å². The summed E-state index contributed by atoms with van der Waals surface area (Å²) in [4.78, 5) is 41.9. The Hall–Kier alpha value is -3.74. The highest BCUT2D eigenvalue weighted by atomic mass is 16.5. The first-order valence-electron chi connectivity index (χ1n) is 9.91. The van der Waals surface area contributed by atoms with E-state index in [9.17, 15) is 14.4 Å². The Labute approximate surface area is 178 Å². The van der Waals surface area contributed by atoms with Crippen LogP contribution in [0.4, 0.5) is 0 Å². The molecule has 7 heteroatoms. The molecule has 2 aromatic heterocycles. The Morgan fingerprint density at radius 3 is 2.58 bits per heavy atom. The number of aromatic nitrogens is 2. The molecule has 0 aliphatic heterocycles. The summed E-state index contributed by atoms with van der Waals surface area (Å²) in [6.07, 6.45) is 1.28. The summed E-state index contributed by atoms with van der Waals surface area (Å²) in [5.74, 6) is -0.985. The Morgan fingerprint density at radius 2 is 1.81 bits per heavy atom. The van der Waals surface area contributed by atoms with Crippen molar-refractivity contribution in [2.24, 2.45) is 0 Å².